The number of carbonyl (C=O) groups excluding carboxylic acids is 2. The molecule has 1 aromatic carbocycles. The molecule has 1 aliphatic heterocycles. The van der Waals surface area contributed by atoms with E-state index in [1.165, 1.54) is 19.3 Å². The zero-order chi connectivity index (χ0) is 20.1. The predicted molar refractivity (Wildman–Crippen MR) is 125 cm³/mol. The molecule has 1 atom stereocenters. The number of carbonyl (C=O) groups is 2. The van der Waals surface area contributed by atoms with E-state index in [9.17, 15) is 9.59 Å². The van der Waals surface area contributed by atoms with Crippen molar-refractivity contribution in [1.29, 1.82) is 0 Å². The number of hydrogen-bond acceptors (Lipinski definition) is 4. The molecule has 1 heterocycles. The number of rotatable bonds is 5. The highest BCUT2D eigenvalue weighted by atomic mass is 35.5. The van der Waals surface area contributed by atoms with Crippen LogP contribution in [0.25, 0.3) is 0 Å². The van der Waals surface area contributed by atoms with Crippen LogP contribution in [0.2, 0.25) is 0 Å². The maximum absolute atomic E-state index is 12.7. The van der Waals surface area contributed by atoms with Gasteiger partial charge in [-0.3, -0.25) is 14.5 Å². The largest absolute Gasteiger partial charge is 0.342 e. The maximum atomic E-state index is 12.7. The lowest BCUT2D eigenvalue weighted by atomic mass is 9.94. The first-order chi connectivity index (χ1) is 13.5. The van der Waals surface area contributed by atoms with Crippen molar-refractivity contribution in [3.63, 3.8) is 0 Å². The highest BCUT2D eigenvalue weighted by Gasteiger charge is 2.28. The van der Waals surface area contributed by atoms with Gasteiger partial charge in [-0.25, -0.2) is 0 Å². The molecule has 30 heavy (non-hydrogen) atoms. The Hall–Kier alpha value is -1.34. The molecule has 8 heteroatoms. The van der Waals surface area contributed by atoms with Crippen LogP contribution >= 0.6 is 24.8 Å². The number of nitrogens with zero attached hydrogens (tertiary/aromatic N) is 3. The Labute approximate surface area is 193 Å². The molecule has 0 aromatic heterocycles. The highest BCUT2D eigenvalue weighted by Crippen LogP contribution is 2.22. The van der Waals surface area contributed by atoms with Gasteiger partial charge in [0, 0.05) is 39.3 Å². The van der Waals surface area contributed by atoms with E-state index in [2.05, 4.69) is 4.90 Å². The van der Waals surface area contributed by atoms with Gasteiger partial charge in [0.05, 0.1) is 6.54 Å². The summed E-state index contributed by atoms with van der Waals surface area (Å²) in [4.78, 5) is 31.3. The second kappa shape index (κ2) is 12.5. The Morgan fingerprint density at radius 2 is 1.60 bits per heavy atom. The molecule has 3 rings (SSSR count). The summed E-state index contributed by atoms with van der Waals surface area (Å²) in [6.07, 6.45) is 6.00. The molecule has 1 saturated carbocycles. The maximum Gasteiger partial charge on any atom is 0.244 e. The fraction of sp³-hybridized carbons (Fsp3) is 0.636. The second-order valence-electron chi connectivity index (χ2n) is 8.29. The topological polar surface area (TPSA) is 69.9 Å². The molecular weight excluding hydrogens is 423 g/mol. The van der Waals surface area contributed by atoms with Crippen molar-refractivity contribution < 1.29 is 9.59 Å². The van der Waals surface area contributed by atoms with E-state index in [1.54, 1.807) is 0 Å². The molecule has 6 nitrogen and oxygen atoms in total. The van der Waals surface area contributed by atoms with Gasteiger partial charge in [0.2, 0.25) is 11.8 Å². The lowest BCUT2D eigenvalue weighted by Crippen LogP contribution is -2.53. The first-order valence-electron chi connectivity index (χ1n) is 10.5. The van der Waals surface area contributed by atoms with Crippen LogP contribution in [-0.4, -0.2) is 72.3 Å². The fourth-order valence-electron chi connectivity index (χ4n) is 4.21. The molecule has 0 spiro atoms. The molecule has 2 N–H and O–H groups in total. The van der Waals surface area contributed by atoms with Crippen LogP contribution in [0.3, 0.4) is 0 Å². The van der Waals surface area contributed by atoms with Gasteiger partial charge >= 0.3 is 0 Å². The zero-order valence-electron chi connectivity index (χ0n) is 18.1. The quantitative estimate of drug-likeness (QED) is 0.735. The number of piperazine rings is 1. The van der Waals surface area contributed by atoms with E-state index in [4.69, 9.17) is 5.73 Å². The molecule has 1 saturated heterocycles. The van der Waals surface area contributed by atoms with Crippen LogP contribution in [0.4, 0.5) is 0 Å². The van der Waals surface area contributed by atoms with E-state index < -0.39 is 6.04 Å². The minimum atomic E-state index is -0.619. The molecule has 1 aliphatic carbocycles. The van der Waals surface area contributed by atoms with Crippen molar-refractivity contribution in [2.75, 3.05) is 39.8 Å². The van der Waals surface area contributed by atoms with Crippen molar-refractivity contribution in [2.24, 2.45) is 5.73 Å². The number of aryl methyl sites for hydroxylation is 1. The third-order valence-electron chi connectivity index (χ3n) is 6.26. The summed E-state index contributed by atoms with van der Waals surface area (Å²) in [7, 11) is 1.94. The molecule has 0 radical (unpaired) electrons. The van der Waals surface area contributed by atoms with Gasteiger partial charge in [-0.2, -0.15) is 0 Å². The number of likely N-dealkylation sites (N-methyl/N-ethyl adjacent to an activating group) is 1. The molecule has 0 bridgehead atoms. The van der Waals surface area contributed by atoms with Crippen molar-refractivity contribution >= 4 is 36.6 Å². The summed E-state index contributed by atoms with van der Waals surface area (Å²) in [6.45, 7) is 5.15. The monoisotopic (exact) mass is 458 g/mol. The van der Waals surface area contributed by atoms with Gasteiger partial charge in [-0.15, -0.1) is 24.8 Å². The van der Waals surface area contributed by atoms with Crippen LogP contribution < -0.4 is 5.73 Å². The van der Waals surface area contributed by atoms with Crippen molar-refractivity contribution in [3.05, 3.63) is 35.4 Å². The zero-order valence-corrected chi connectivity index (χ0v) is 19.7. The minimum absolute atomic E-state index is 0. The normalized spacial score (nSPS) is 18.7. The van der Waals surface area contributed by atoms with E-state index in [0.717, 1.165) is 37.1 Å². The van der Waals surface area contributed by atoms with Crippen LogP contribution in [-0.2, 0) is 9.59 Å². The van der Waals surface area contributed by atoms with E-state index >= 15 is 0 Å². The lowest BCUT2D eigenvalue weighted by Gasteiger charge is -2.37. The average molecular weight is 459 g/mol. The van der Waals surface area contributed by atoms with Crippen molar-refractivity contribution in [1.82, 2.24) is 14.7 Å². The smallest absolute Gasteiger partial charge is 0.244 e. The Kier molecular flexibility index (Phi) is 11.1. The Morgan fingerprint density at radius 3 is 2.17 bits per heavy atom. The number of benzene rings is 1. The van der Waals surface area contributed by atoms with E-state index in [1.807, 2.05) is 48.0 Å². The molecule has 170 valence electrons. The van der Waals surface area contributed by atoms with Gasteiger partial charge in [-0.1, -0.05) is 49.1 Å². The third kappa shape index (κ3) is 6.84. The molecule has 1 aromatic rings. The number of hydrogen-bond donors (Lipinski definition) is 1. The Morgan fingerprint density at radius 1 is 1.03 bits per heavy atom. The molecular formula is C22H36Cl2N4O2. The van der Waals surface area contributed by atoms with E-state index in [-0.39, 0.29) is 36.6 Å². The molecule has 2 amide bonds. The van der Waals surface area contributed by atoms with Gasteiger partial charge in [0.15, 0.2) is 0 Å². The van der Waals surface area contributed by atoms with Crippen LogP contribution in [0.15, 0.2) is 24.3 Å². The summed E-state index contributed by atoms with van der Waals surface area (Å²) in [6, 6.07) is 7.59. The van der Waals surface area contributed by atoms with Crippen molar-refractivity contribution in [2.45, 2.75) is 51.1 Å². The average Bonchev–Trinajstić information content (AvgIpc) is 2.74. The SMILES string of the molecule is Cc1ccc(C(N)C(=O)N2CCN(CC(=O)N(C)C3CCCCC3)CC2)cc1.Cl.Cl. The number of nitrogens with two attached hydrogens (primary N) is 1. The molecule has 1 unspecified atom stereocenters. The summed E-state index contributed by atoms with van der Waals surface area (Å²) in [5, 5.41) is 0. The second-order valence-corrected chi connectivity index (χ2v) is 8.29. The van der Waals surface area contributed by atoms with Gasteiger partial charge in [0.25, 0.3) is 0 Å². The highest BCUT2D eigenvalue weighted by molar-refractivity contribution is 5.85. The summed E-state index contributed by atoms with van der Waals surface area (Å²) >= 11 is 0. The number of amides is 2. The standard InChI is InChI=1S/C22H34N4O2.2ClH/c1-17-8-10-18(11-9-17)21(23)22(28)26-14-12-25(13-15-26)16-20(27)24(2)19-6-4-3-5-7-19;;/h8-11,19,21H,3-7,12-16,23H2,1-2H3;2*1H. The van der Waals surface area contributed by atoms with Gasteiger partial charge in [0.1, 0.15) is 6.04 Å². The van der Waals surface area contributed by atoms with E-state index in [0.29, 0.717) is 25.7 Å². The third-order valence-corrected chi connectivity index (χ3v) is 6.26. The van der Waals surface area contributed by atoms with Crippen LogP contribution in [0.1, 0.15) is 49.3 Å². The van der Waals surface area contributed by atoms with Gasteiger partial charge < -0.3 is 15.5 Å². The minimum Gasteiger partial charge on any atom is -0.342 e. The van der Waals surface area contributed by atoms with Crippen molar-refractivity contribution in [3.8, 4) is 0 Å². The summed E-state index contributed by atoms with van der Waals surface area (Å²) < 4.78 is 0. The summed E-state index contributed by atoms with van der Waals surface area (Å²) in [5.74, 6) is 0.164. The first kappa shape index (κ1) is 26.7. The van der Waals surface area contributed by atoms with Crippen LogP contribution in [0, 0.1) is 6.92 Å². The number of halogens is 2. The predicted octanol–water partition coefficient (Wildman–Crippen LogP) is 2.77. The van der Waals surface area contributed by atoms with Gasteiger partial charge in [-0.05, 0) is 25.3 Å². The lowest BCUT2D eigenvalue weighted by molar-refractivity contribution is -0.136. The Bertz CT molecular complexity index is 672. The van der Waals surface area contributed by atoms with Crippen LogP contribution in [0.5, 0.6) is 0 Å². The fourth-order valence-corrected chi connectivity index (χ4v) is 4.21. The molecule has 2 fully saturated rings. The molecule has 2 aliphatic rings. The Balaban J connectivity index is 0.00000225. The summed E-state index contributed by atoms with van der Waals surface area (Å²) in [5.41, 5.74) is 8.19. The first-order valence-corrected chi connectivity index (χ1v) is 10.5.